The number of hydrogen-bond donors (Lipinski definition) is 8. The van der Waals surface area contributed by atoms with E-state index in [1.54, 1.807) is 60.7 Å². The molecule has 8 amide bonds. The Balaban J connectivity index is 1.01. The molecule has 6 rings (SSSR count). The fourth-order valence-corrected chi connectivity index (χ4v) is 7.53. The van der Waals surface area contributed by atoms with Crippen LogP contribution in [0.5, 0.6) is 0 Å². The summed E-state index contributed by atoms with van der Waals surface area (Å²) in [7, 11) is 0. The van der Waals surface area contributed by atoms with E-state index in [9.17, 15) is 47.9 Å². The van der Waals surface area contributed by atoms with E-state index in [2.05, 4.69) is 21.3 Å². The lowest BCUT2D eigenvalue weighted by Crippen LogP contribution is -2.44. The Bertz CT molecular complexity index is 2630. The summed E-state index contributed by atoms with van der Waals surface area (Å²) in [6.07, 6.45) is -0.216. The molecule has 22 nitrogen and oxygen atoms in total. The van der Waals surface area contributed by atoms with Crippen molar-refractivity contribution >= 4 is 71.2 Å². The zero-order valence-corrected chi connectivity index (χ0v) is 37.5. The number of nitrogens with two attached hydrogens (primary N) is 2. The number of carbonyl (C=O) groups is 10. The van der Waals surface area contributed by atoms with Crippen LogP contribution < -0.4 is 32.7 Å². The van der Waals surface area contributed by atoms with Gasteiger partial charge in [-0.25, -0.2) is 19.2 Å². The number of carbonyl (C=O) groups excluding carboxylic acids is 10. The number of imide groups is 2. The first kappa shape index (κ1) is 50.1. The molecule has 360 valence electrons. The summed E-state index contributed by atoms with van der Waals surface area (Å²) in [5.74, 6) is -8.59. The molecule has 10 N–H and O–H groups in total. The minimum atomic E-state index is -1.55. The van der Waals surface area contributed by atoms with Gasteiger partial charge in [0.25, 0.3) is 11.8 Å². The van der Waals surface area contributed by atoms with Gasteiger partial charge in [0.2, 0.25) is 11.8 Å². The van der Waals surface area contributed by atoms with Gasteiger partial charge in [0.15, 0.2) is 0 Å². The molecular weight excluding hydrogens is 909 g/mol. The zero-order valence-electron chi connectivity index (χ0n) is 37.5. The maximum Gasteiger partial charge on any atom is 0.338 e. The van der Waals surface area contributed by atoms with Gasteiger partial charge in [0.1, 0.15) is 35.8 Å². The van der Waals surface area contributed by atoms with Gasteiger partial charge in [-0.1, -0.05) is 109 Å². The normalized spacial score (nSPS) is 18.3. The molecule has 2 heterocycles. The first-order valence-electron chi connectivity index (χ1n) is 21.2. The van der Waals surface area contributed by atoms with Gasteiger partial charge >= 0.3 is 35.9 Å². The molecule has 0 radical (unpaired) electrons. The van der Waals surface area contributed by atoms with E-state index in [1.807, 2.05) is 0 Å². The summed E-state index contributed by atoms with van der Waals surface area (Å²) in [4.78, 5) is 132. The van der Waals surface area contributed by atoms with E-state index in [4.69, 9.17) is 31.8 Å². The van der Waals surface area contributed by atoms with Crippen LogP contribution in [0, 0.1) is 10.8 Å². The van der Waals surface area contributed by atoms with Gasteiger partial charge in [0, 0.05) is 23.3 Å². The van der Waals surface area contributed by atoms with Crippen LogP contribution in [0.2, 0.25) is 0 Å². The van der Waals surface area contributed by atoms with E-state index in [-0.39, 0.29) is 11.7 Å². The second-order valence-corrected chi connectivity index (χ2v) is 16.3. The van der Waals surface area contributed by atoms with Crippen molar-refractivity contribution in [2.45, 2.75) is 49.9 Å². The standard InChI is InChI=1S/C48H46N10O12/c1-47(31-17-13-29(14-18-31)41(49)50)43(65)57(45(67)55-47)25-35(59)53-33(27-9-5-3-6-10-27)23-39(63)69-37(61)21-22-38(62)70-40(64)24-34(28-11-7-4-8-12-28)54-36(60)26-58-44(66)48(2,56-46(58)68)32-19-15-30(16-20-32)42(51)52/h3-22,33-34H,23-26H2,1-2H3,(H3,49,50)(H3,51,52)(H,53,59)(H,54,60)(H,55,67)(H,56,68)/b22-21-/t33-,34-,47-,48-/m0/s1. The van der Waals surface area contributed by atoms with E-state index >= 15 is 0 Å². The lowest BCUT2D eigenvalue weighted by Gasteiger charge is -2.23. The van der Waals surface area contributed by atoms with Crippen LogP contribution in [0.3, 0.4) is 0 Å². The summed E-state index contributed by atoms with van der Waals surface area (Å²) >= 11 is 0. The van der Waals surface area contributed by atoms with Crippen molar-refractivity contribution in [2.24, 2.45) is 11.5 Å². The van der Waals surface area contributed by atoms with E-state index in [0.29, 0.717) is 55.3 Å². The smallest absolute Gasteiger partial charge is 0.338 e. The van der Waals surface area contributed by atoms with Crippen molar-refractivity contribution in [1.29, 1.82) is 10.8 Å². The summed E-state index contributed by atoms with van der Waals surface area (Å²) in [5, 5.41) is 25.5. The minimum absolute atomic E-state index is 0.198. The number of nitrogen functional groups attached to an aromatic ring is 2. The molecule has 2 aliphatic heterocycles. The molecule has 2 fully saturated rings. The van der Waals surface area contributed by atoms with Crippen LogP contribution in [0.1, 0.15) is 72.2 Å². The topological polar surface area (TPSA) is 343 Å². The molecule has 2 aliphatic rings. The number of esters is 4. The predicted octanol–water partition coefficient (Wildman–Crippen LogP) is 1.68. The highest BCUT2D eigenvalue weighted by Gasteiger charge is 2.51. The van der Waals surface area contributed by atoms with Crippen molar-refractivity contribution in [3.8, 4) is 0 Å². The fraction of sp³-hybridized carbons (Fsp3) is 0.208. The number of amidine groups is 2. The Hall–Kier alpha value is -9.34. The average molecular weight is 955 g/mol. The molecule has 70 heavy (non-hydrogen) atoms. The lowest BCUT2D eigenvalue weighted by atomic mass is 9.91. The number of nitrogens with zero attached hydrogens (tertiary/aromatic N) is 2. The second kappa shape index (κ2) is 21.1. The minimum Gasteiger partial charge on any atom is -0.390 e. The molecule has 0 spiro atoms. The Morgan fingerprint density at radius 1 is 0.571 bits per heavy atom. The van der Waals surface area contributed by atoms with Crippen LogP contribution in [-0.4, -0.2) is 94.1 Å². The number of rotatable bonds is 18. The number of urea groups is 2. The highest BCUT2D eigenvalue weighted by molar-refractivity contribution is 6.10. The number of hydrogen-bond acceptors (Lipinski definition) is 14. The maximum atomic E-state index is 13.5. The molecule has 22 heteroatoms. The molecule has 4 aromatic carbocycles. The van der Waals surface area contributed by atoms with Crippen molar-refractivity contribution in [3.63, 3.8) is 0 Å². The summed E-state index contributed by atoms with van der Waals surface area (Å²) in [6, 6.07) is 24.2. The SMILES string of the molecule is C[C@@]1(c2ccc(C(=N)N)cc2)NC(=O)N(CC(=O)N[C@@H](CC(=O)OC(=O)/C=C\C(=O)OC(=O)C[C@H](NC(=O)CN2C(=O)N[C@@](C)(c3ccc(C(=N)N)cc3)C2=O)c2ccccc2)c2ccccc2)C1=O. The Morgan fingerprint density at radius 2 is 0.900 bits per heavy atom. The van der Waals surface area contributed by atoms with E-state index < -0.39 is 109 Å². The maximum absolute atomic E-state index is 13.5. The summed E-state index contributed by atoms with van der Waals surface area (Å²) in [5.41, 5.74) is 10.2. The molecule has 0 unspecified atom stereocenters. The first-order valence-corrected chi connectivity index (χ1v) is 21.2. The van der Waals surface area contributed by atoms with Gasteiger partial charge in [-0.2, -0.15) is 0 Å². The van der Waals surface area contributed by atoms with Crippen LogP contribution in [0.25, 0.3) is 0 Å². The molecule has 0 aromatic heterocycles. The van der Waals surface area contributed by atoms with Gasteiger partial charge in [-0.05, 0) is 36.1 Å². The van der Waals surface area contributed by atoms with Gasteiger partial charge in [-0.3, -0.25) is 49.4 Å². The Kier molecular flexibility index (Phi) is 15.1. The number of nitrogens with one attached hydrogen (secondary N) is 6. The molecule has 4 aromatic rings. The number of amides is 8. The predicted molar refractivity (Wildman–Crippen MR) is 245 cm³/mol. The highest BCUT2D eigenvalue weighted by atomic mass is 16.6. The third-order valence-corrected chi connectivity index (χ3v) is 11.3. The molecular formula is C48H46N10O12. The van der Waals surface area contributed by atoms with Crippen molar-refractivity contribution < 1.29 is 57.4 Å². The first-order chi connectivity index (χ1) is 33.2. The number of ether oxygens (including phenoxy) is 2. The molecule has 0 aliphatic carbocycles. The lowest BCUT2D eigenvalue weighted by molar-refractivity contribution is -0.159. The molecule has 0 bridgehead atoms. The van der Waals surface area contributed by atoms with Crippen LogP contribution in [0.15, 0.2) is 121 Å². The summed E-state index contributed by atoms with van der Waals surface area (Å²) < 4.78 is 9.64. The third kappa shape index (κ3) is 11.6. The van der Waals surface area contributed by atoms with Crippen LogP contribution in [-0.2, 0) is 58.9 Å². The van der Waals surface area contributed by atoms with Crippen molar-refractivity contribution in [1.82, 2.24) is 31.1 Å². The van der Waals surface area contributed by atoms with Gasteiger partial charge in [0.05, 0.1) is 24.9 Å². The summed E-state index contributed by atoms with van der Waals surface area (Å²) in [6.45, 7) is 1.41. The van der Waals surface area contributed by atoms with Gasteiger partial charge in [-0.15, -0.1) is 0 Å². The monoisotopic (exact) mass is 954 g/mol. The Morgan fingerprint density at radius 3 is 1.21 bits per heavy atom. The third-order valence-electron chi connectivity index (χ3n) is 11.3. The largest absolute Gasteiger partial charge is 0.390 e. The highest BCUT2D eigenvalue weighted by Crippen LogP contribution is 2.31. The van der Waals surface area contributed by atoms with Gasteiger partial charge < -0.3 is 42.2 Å². The van der Waals surface area contributed by atoms with Crippen molar-refractivity contribution in [2.75, 3.05) is 13.1 Å². The zero-order chi connectivity index (χ0) is 50.9. The average Bonchev–Trinajstić information content (AvgIpc) is 3.68. The quantitative estimate of drug-likeness (QED) is 0.0176. The number of benzene rings is 4. The van der Waals surface area contributed by atoms with Crippen LogP contribution >= 0.6 is 0 Å². The second-order valence-electron chi connectivity index (χ2n) is 16.3. The molecule has 0 saturated carbocycles. The van der Waals surface area contributed by atoms with Crippen LogP contribution in [0.4, 0.5) is 9.59 Å². The Labute approximate surface area is 398 Å². The molecule has 4 atom stereocenters. The molecule has 2 saturated heterocycles. The van der Waals surface area contributed by atoms with E-state index in [0.717, 1.165) is 0 Å². The van der Waals surface area contributed by atoms with Crippen molar-refractivity contribution in [3.05, 3.63) is 155 Å². The fourth-order valence-electron chi connectivity index (χ4n) is 7.53. The van der Waals surface area contributed by atoms with E-state index in [1.165, 1.54) is 62.4 Å².